The van der Waals surface area contributed by atoms with Crippen LogP contribution < -0.4 is 0 Å². The second-order valence-corrected chi connectivity index (χ2v) is 9.48. The van der Waals surface area contributed by atoms with Gasteiger partial charge >= 0.3 is 6.18 Å². The van der Waals surface area contributed by atoms with Crippen LogP contribution in [0.5, 0.6) is 0 Å². The summed E-state index contributed by atoms with van der Waals surface area (Å²) in [6.07, 6.45) is 3.61. The minimum Gasteiger partial charge on any atom is -0.336 e. The van der Waals surface area contributed by atoms with Crippen molar-refractivity contribution in [2.45, 2.75) is 19.3 Å². The third-order valence-corrected chi connectivity index (χ3v) is 6.82. The monoisotopic (exact) mass is 531 g/mol. The highest BCUT2D eigenvalue weighted by atomic mass is 35.5. The standard InChI is InChI=1S/C24H17ClF3N5O2S/c25-18-3-2-16(19(11-18)24(26,27)28)13-33-20-4-1-15(9-17(20)12-30-33)10-21-22(34)32(23(35)36-21)8-7-31-6-5-29-14-31/h1-6,9-12,14H,7-8,13H2. The number of benzene rings is 2. The predicted molar refractivity (Wildman–Crippen MR) is 130 cm³/mol. The number of thioether (sulfide) groups is 1. The average molecular weight is 532 g/mol. The highest BCUT2D eigenvalue weighted by molar-refractivity contribution is 8.18. The van der Waals surface area contributed by atoms with Crippen molar-refractivity contribution < 1.29 is 22.8 Å². The molecule has 0 radical (unpaired) electrons. The van der Waals surface area contributed by atoms with E-state index in [4.69, 9.17) is 11.6 Å². The van der Waals surface area contributed by atoms with Crippen molar-refractivity contribution in [3.8, 4) is 0 Å². The van der Waals surface area contributed by atoms with Crippen LogP contribution in [0.4, 0.5) is 18.0 Å². The molecular formula is C24H17ClF3N5O2S. The van der Waals surface area contributed by atoms with Gasteiger partial charge in [-0.1, -0.05) is 23.7 Å². The lowest BCUT2D eigenvalue weighted by atomic mass is 10.1. The molecule has 184 valence electrons. The first-order valence-corrected chi connectivity index (χ1v) is 11.9. The molecule has 0 N–H and O–H groups in total. The number of rotatable bonds is 6. The van der Waals surface area contributed by atoms with Crippen molar-refractivity contribution >= 4 is 51.5 Å². The molecule has 3 heterocycles. The van der Waals surface area contributed by atoms with Crippen LogP contribution in [0.3, 0.4) is 0 Å². The summed E-state index contributed by atoms with van der Waals surface area (Å²) >= 11 is 6.64. The number of alkyl halides is 3. The Hall–Kier alpha value is -3.57. The van der Waals surface area contributed by atoms with E-state index in [1.54, 1.807) is 53.8 Å². The number of aromatic nitrogens is 4. The van der Waals surface area contributed by atoms with Gasteiger partial charge in [0.25, 0.3) is 11.1 Å². The lowest BCUT2D eigenvalue weighted by molar-refractivity contribution is -0.138. The molecule has 0 unspecified atom stereocenters. The Balaban J connectivity index is 1.36. The van der Waals surface area contributed by atoms with Gasteiger partial charge in [0.2, 0.25) is 0 Å². The molecule has 2 amide bonds. The fourth-order valence-corrected chi connectivity index (χ4v) is 4.95. The minimum absolute atomic E-state index is 0.00665. The molecule has 0 spiro atoms. The predicted octanol–water partition coefficient (Wildman–Crippen LogP) is 5.69. The van der Waals surface area contributed by atoms with E-state index in [1.807, 2.05) is 0 Å². The van der Waals surface area contributed by atoms with Crippen LogP contribution >= 0.6 is 23.4 Å². The SMILES string of the molecule is O=C1SC(=Cc2ccc3c(cnn3Cc3ccc(Cl)cc3C(F)(F)F)c2)C(=O)N1CCn1ccnc1. The summed E-state index contributed by atoms with van der Waals surface area (Å²) in [7, 11) is 0. The number of halogens is 4. The molecule has 1 saturated heterocycles. The van der Waals surface area contributed by atoms with Crippen LogP contribution in [0.15, 0.2) is 66.2 Å². The maximum Gasteiger partial charge on any atom is 0.416 e. The van der Waals surface area contributed by atoms with Crippen molar-refractivity contribution in [3.05, 3.63) is 87.9 Å². The topological polar surface area (TPSA) is 73.0 Å². The summed E-state index contributed by atoms with van der Waals surface area (Å²) in [5, 5.41) is 4.60. The first-order valence-electron chi connectivity index (χ1n) is 10.7. The summed E-state index contributed by atoms with van der Waals surface area (Å²) in [6.45, 7) is 0.583. The van der Waals surface area contributed by atoms with Gasteiger partial charge in [-0.05, 0) is 53.2 Å². The molecule has 0 aliphatic carbocycles. The quantitative estimate of drug-likeness (QED) is 0.299. The summed E-state index contributed by atoms with van der Waals surface area (Å²) in [5.41, 5.74) is 0.540. The van der Waals surface area contributed by atoms with Crippen LogP contribution in [-0.2, 0) is 24.1 Å². The molecule has 0 saturated carbocycles. The number of imidazole rings is 1. The number of hydrogen-bond donors (Lipinski definition) is 0. The third-order valence-electron chi connectivity index (χ3n) is 5.68. The Morgan fingerprint density at radius 2 is 1.92 bits per heavy atom. The van der Waals surface area contributed by atoms with E-state index in [0.29, 0.717) is 27.9 Å². The van der Waals surface area contributed by atoms with Crippen LogP contribution in [0.2, 0.25) is 5.02 Å². The van der Waals surface area contributed by atoms with E-state index in [-0.39, 0.29) is 34.8 Å². The fraction of sp³-hybridized carbons (Fsp3) is 0.167. The molecule has 5 rings (SSSR count). The molecule has 1 aliphatic heterocycles. The number of carbonyl (C=O) groups is 2. The second kappa shape index (κ2) is 9.47. The van der Waals surface area contributed by atoms with E-state index in [0.717, 1.165) is 17.8 Å². The summed E-state index contributed by atoms with van der Waals surface area (Å²) in [5.74, 6) is -0.372. The van der Waals surface area contributed by atoms with E-state index in [2.05, 4.69) is 10.1 Å². The van der Waals surface area contributed by atoms with Crippen LogP contribution in [-0.4, -0.2) is 41.9 Å². The zero-order valence-electron chi connectivity index (χ0n) is 18.4. The molecule has 0 atom stereocenters. The highest BCUT2D eigenvalue weighted by Gasteiger charge is 2.35. The van der Waals surface area contributed by atoms with Crippen molar-refractivity contribution in [1.82, 2.24) is 24.2 Å². The normalized spacial score (nSPS) is 15.6. The zero-order valence-corrected chi connectivity index (χ0v) is 20.0. The van der Waals surface area contributed by atoms with Gasteiger partial charge in [-0.25, -0.2) is 4.98 Å². The number of hydrogen-bond acceptors (Lipinski definition) is 5. The van der Waals surface area contributed by atoms with E-state index in [1.165, 1.54) is 21.7 Å². The fourth-order valence-electron chi connectivity index (χ4n) is 3.91. The number of amides is 2. The molecule has 1 fully saturated rings. The smallest absolute Gasteiger partial charge is 0.336 e. The van der Waals surface area contributed by atoms with Crippen LogP contribution in [0, 0.1) is 0 Å². The Morgan fingerprint density at radius 3 is 2.67 bits per heavy atom. The molecule has 1 aliphatic rings. The highest BCUT2D eigenvalue weighted by Crippen LogP contribution is 2.35. The van der Waals surface area contributed by atoms with Gasteiger partial charge in [-0.2, -0.15) is 18.3 Å². The Bertz CT molecular complexity index is 1500. The van der Waals surface area contributed by atoms with Gasteiger partial charge < -0.3 is 4.57 Å². The maximum absolute atomic E-state index is 13.5. The van der Waals surface area contributed by atoms with Crippen molar-refractivity contribution in [3.63, 3.8) is 0 Å². The molecular weight excluding hydrogens is 515 g/mol. The number of carbonyl (C=O) groups excluding carboxylic acids is 2. The third kappa shape index (κ3) is 4.89. The molecule has 2 aromatic heterocycles. The lowest BCUT2D eigenvalue weighted by Crippen LogP contribution is -2.31. The summed E-state index contributed by atoms with van der Waals surface area (Å²) in [4.78, 5) is 30.5. The second-order valence-electron chi connectivity index (χ2n) is 8.05. The van der Waals surface area contributed by atoms with Gasteiger partial charge in [-0.15, -0.1) is 0 Å². The first-order chi connectivity index (χ1) is 17.2. The van der Waals surface area contributed by atoms with E-state index in [9.17, 15) is 22.8 Å². The van der Waals surface area contributed by atoms with Crippen molar-refractivity contribution in [2.24, 2.45) is 0 Å². The number of imide groups is 1. The average Bonchev–Trinajstić information content (AvgIpc) is 3.54. The molecule has 0 bridgehead atoms. The van der Waals surface area contributed by atoms with Gasteiger partial charge in [0.15, 0.2) is 0 Å². The first kappa shape index (κ1) is 24.1. The van der Waals surface area contributed by atoms with Gasteiger partial charge in [0.1, 0.15) is 0 Å². The van der Waals surface area contributed by atoms with Gasteiger partial charge in [0, 0.05) is 35.9 Å². The molecule has 12 heteroatoms. The van der Waals surface area contributed by atoms with Crippen LogP contribution in [0.25, 0.3) is 17.0 Å². The van der Waals surface area contributed by atoms with E-state index < -0.39 is 11.7 Å². The molecule has 4 aromatic rings. The van der Waals surface area contributed by atoms with Gasteiger partial charge in [-0.3, -0.25) is 19.2 Å². The van der Waals surface area contributed by atoms with Gasteiger partial charge in [0.05, 0.1) is 35.1 Å². The lowest BCUT2D eigenvalue weighted by Gasteiger charge is -2.14. The van der Waals surface area contributed by atoms with Crippen LogP contribution in [0.1, 0.15) is 16.7 Å². The summed E-state index contributed by atoms with van der Waals surface area (Å²) in [6, 6.07) is 8.88. The minimum atomic E-state index is -4.54. The maximum atomic E-state index is 13.5. The summed E-state index contributed by atoms with van der Waals surface area (Å²) < 4.78 is 43.7. The Kier molecular flexibility index (Phi) is 6.35. The Morgan fingerprint density at radius 1 is 1.08 bits per heavy atom. The van der Waals surface area contributed by atoms with Crippen molar-refractivity contribution in [1.29, 1.82) is 0 Å². The number of fused-ring (bicyclic) bond motifs is 1. The molecule has 2 aromatic carbocycles. The largest absolute Gasteiger partial charge is 0.416 e. The molecule has 7 nitrogen and oxygen atoms in total. The Labute approximate surface area is 212 Å². The van der Waals surface area contributed by atoms with Crippen molar-refractivity contribution in [2.75, 3.05) is 6.54 Å². The van der Waals surface area contributed by atoms with E-state index >= 15 is 0 Å². The number of nitrogens with zero attached hydrogens (tertiary/aromatic N) is 5. The molecule has 36 heavy (non-hydrogen) atoms. The zero-order chi connectivity index (χ0) is 25.4.